The van der Waals surface area contributed by atoms with Gasteiger partial charge in [0, 0.05) is 0 Å². The number of nitrogens with zero attached hydrogens (tertiary/aromatic N) is 2. The van der Waals surface area contributed by atoms with Crippen molar-refractivity contribution in [2.75, 3.05) is 6.61 Å². The average molecular weight is 409 g/mol. The smallest absolute Gasteiger partial charge is 0.342 e. The zero-order chi connectivity index (χ0) is 21.7. The predicted octanol–water partition coefficient (Wildman–Crippen LogP) is 3.72. The maximum Gasteiger partial charge on any atom is 0.342 e. The molecule has 0 aliphatic carbocycles. The van der Waals surface area contributed by atoms with Crippen molar-refractivity contribution in [3.63, 3.8) is 0 Å². The summed E-state index contributed by atoms with van der Waals surface area (Å²) >= 11 is 0. The Morgan fingerprint density at radius 2 is 1.77 bits per heavy atom. The lowest BCUT2D eigenvalue weighted by Gasteiger charge is -2.14. The number of aryl methyl sites for hydroxylation is 1. The number of halogens is 1. The quantitative estimate of drug-likeness (QED) is 0.604. The molecular weight excluding hydrogens is 385 g/mol. The molecule has 2 aromatic carbocycles. The maximum atomic E-state index is 13.0. The van der Waals surface area contributed by atoms with Crippen molar-refractivity contribution in [1.82, 2.24) is 15.1 Å². The third-order valence-corrected chi connectivity index (χ3v) is 4.84. The van der Waals surface area contributed by atoms with Gasteiger partial charge in [-0.05, 0) is 44.0 Å². The van der Waals surface area contributed by atoms with Gasteiger partial charge in [-0.3, -0.25) is 9.48 Å². The molecule has 0 aliphatic heterocycles. The number of benzene rings is 2. The first-order valence-corrected chi connectivity index (χ1v) is 9.65. The molecule has 1 amide bonds. The van der Waals surface area contributed by atoms with Crippen molar-refractivity contribution >= 4 is 11.9 Å². The van der Waals surface area contributed by atoms with Gasteiger partial charge >= 0.3 is 5.97 Å². The zero-order valence-corrected chi connectivity index (χ0v) is 17.2. The SMILES string of the molecule is Cc1nn(Cc2ccccc2)c(C)c1C(=O)OCC(=O)N[C@H](C)c1ccc(F)cc1. The Labute approximate surface area is 174 Å². The van der Waals surface area contributed by atoms with E-state index in [0.29, 0.717) is 23.5 Å². The van der Waals surface area contributed by atoms with Crippen molar-refractivity contribution in [2.24, 2.45) is 0 Å². The highest BCUT2D eigenvalue weighted by molar-refractivity contribution is 5.93. The second-order valence-electron chi connectivity index (χ2n) is 7.11. The summed E-state index contributed by atoms with van der Waals surface area (Å²) in [6.07, 6.45) is 0. The average Bonchev–Trinajstić information content (AvgIpc) is 3.00. The molecule has 30 heavy (non-hydrogen) atoms. The number of nitrogens with one attached hydrogen (secondary N) is 1. The van der Waals surface area contributed by atoms with E-state index in [-0.39, 0.29) is 11.9 Å². The van der Waals surface area contributed by atoms with Crippen LogP contribution in [0.25, 0.3) is 0 Å². The van der Waals surface area contributed by atoms with E-state index in [2.05, 4.69) is 10.4 Å². The fraction of sp³-hybridized carbons (Fsp3) is 0.261. The molecule has 3 rings (SSSR count). The monoisotopic (exact) mass is 409 g/mol. The molecule has 1 aromatic heterocycles. The van der Waals surface area contributed by atoms with E-state index >= 15 is 0 Å². The largest absolute Gasteiger partial charge is 0.452 e. The third kappa shape index (κ3) is 5.11. The number of hydrogen-bond donors (Lipinski definition) is 1. The molecule has 0 unspecified atom stereocenters. The summed E-state index contributed by atoms with van der Waals surface area (Å²) in [5.41, 5.74) is 3.42. The number of carbonyl (C=O) groups excluding carboxylic acids is 2. The van der Waals surface area contributed by atoms with Crippen LogP contribution in [0.5, 0.6) is 0 Å². The molecule has 6 nitrogen and oxygen atoms in total. The summed E-state index contributed by atoms with van der Waals surface area (Å²) in [7, 11) is 0. The standard InChI is InChI=1S/C23H24FN3O3/c1-15(19-9-11-20(24)12-10-19)25-21(28)14-30-23(29)22-16(2)26-27(17(22)3)13-18-7-5-4-6-8-18/h4-12,15H,13-14H2,1-3H3,(H,25,28)/t15-/m1/s1. The normalized spacial score (nSPS) is 11.7. The Morgan fingerprint density at radius 1 is 1.10 bits per heavy atom. The number of esters is 1. The van der Waals surface area contributed by atoms with Crippen LogP contribution in [-0.2, 0) is 16.1 Å². The molecule has 0 saturated heterocycles. The summed E-state index contributed by atoms with van der Waals surface area (Å²) in [5.74, 6) is -1.37. The second kappa shape index (κ2) is 9.35. The topological polar surface area (TPSA) is 73.2 Å². The highest BCUT2D eigenvalue weighted by atomic mass is 19.1. The van der Waals surface area contributed by atoms with Gasteiger partial charge in [-0.2, -0.15) is 5.10 Å². The summed E-state index contributed by atoms with van der Waals surface area (Å²) in [4.78, 5) is 24.7. The molecular formula is C23H24FN3O3. The summed E-state index contributed by atoms with van der Waals surface area (Å²) in [6, 6.07) is 15.3. The van der Waals surface area contributed by atoms with Gasteiger partial charge in [0.1, 0.15) is 11.4 Å². The van der Waals surface area contributed by atoms with Crippen LogP contribution in [0.1, 0.15) is 45.8 Å². The number of ether oxygens (including phenoxy) is 1. The Morgan fingerprint density at radius 3 is 2.43 bits per heavy atom. The van der Waals surface area contributed by atoms with Gasteiger partial charge in [0.05, 0.1) is 24.0 Å². The van der Waals surface area contributed by atoms with Gasteiger partial charge in [-0.25, -0.2) is 9.18 Å². The van der Waals surface area contributed by atoms with Crippen LogP contribution in [0.4, 0.5) is 4.39 Å². The molecule has 1 N–H and O–H groups in total. The second-order valence-corrected chi connectivity index (χ2v) is 7.11. The minimum atomic E-state index is -0.589. The van der Waals surface area contributed by atoms with Gasteiger partial charge in [0.25, 0.3) is 5.91 Å². The van der Waals surface area contributed by atoms with E-state index in [0.717, 1.165) is 11.1 Å². The Balaban J connectivity index is 1.59. The molecule has 1 heterocycles. The van der Waals surface area contributed by atoms with E-state index in [1.807, 2.05) is 30.3 Å². The number of aromatic nitrogens is 2. The lowest BCUT2D eigenvalue weighted by atomic mass is 10.1. The molecule has 0 saturated carbocycles. The molecule has 0 spiro atoms. The first-order chi connectivity index (χ1) is 14.3. The number of rotatable bonds is 7. The highest BCUT2D eigenvalue weighted by Crippen LogP contribution is 2.16. The molecule has 1 atom stereocenters. The van der Waals surface area contributed by atoms with E-state index in [1.54, 1.807) is 37.6 Å². The van der Waals surface area contributed by atoms with Gasteiger partial charge < -0.3 is 10.1 Å². The molecule has 3 aromatic rings. The first kappa shape index (κ1) is 21.2. The summed E-state index contributed by atoms with van der Waals surface area (Å²) < 4.78 is 20.0. The highest BCUT2D eigenvalue weighted by Gasteiger charge is 2.21. The minimum Gasteiger partial charge on any atom is -0.452 e. The van der Waals surface area contributed by atoms with Crippen LogP contribution >= 0.6 is 0 Å². The molecule has 0 fully saturated rings. The van der Waals surface area contributed by atoms with Crippen molar-refractivity contribution < 1.29 is 18.7 Å². The predicted molar refractivity (Wildman–Crippen MR) is 110 cm³/mol. The lowest BCUT2D eigenvalue weighted by Crippen LogP contribution is -2.31. The maximum absolute atomic E-state index is 13.0. The van der Waals surface area contributed by atoms with Crippen molar-refractivity contribution in [3.8, 4) is 0 Å². The molecule has 0 radical (unpaired) electrons. The first-order valence-electron chi connectivity index (χ1n) is 9.65. The Kier molecular flexibility index (Phi) is 6.61. The number of amides is 1. The lowest BCUT2D eigenvalue weighted by molar-refractivity contribution is -0.124. The summed E-state index contributed by atoms with van der Waals surface area (Å²) in [5, 5.41) is 7.16. The van der Waals surface area contributed by atoms with Crippen molar-refractivity contribution in [1.29, 1.82) is 0 Å². The number of hydrogen-bond acceptors (Lipinski definition) is 4. The van der Waals surface area contributed by atoms with Crippen LogP contribution < -0.4 is 5.32 Å². The minimum absolute atomic E-state index is 0.339. The molecule has 0 aliphatic rings. The van der Waals surface area contributed by atoms with Gasteiger partial charge in [-0.1, -0.05) is 42.5 Å². The molecule has 7 heteroatoms. The zero-order valence-electron chi connectivity index (χ0n) is 17.2. The van der Waals surface area contributed by atoms with Crippen molar-refractivity contribution in [2.45, 2.75) is 33.4 Å². The Hall–Kier alpha value is -3.48. The van der Waals surface area contributed by atoms with Crippen LogP contribution in [0.2, 0.25) is 0 Å². The fourth-order valence-corrected chi connectivity index (χ4v) is 3.22. The van der Waals surface area contributed by atoms with Crippen LogP contribution in [0, 0.1) is 19.7 Å². The third-order valence-electron chi connectivity index (χ3n) is 4.84. The molecule has 156 valence electrons. The summed E-state index contributed by atoms with van der Waals surface area (Å²) in [6.45, 7) is 5.44. The van der Waals surface area contributed by atoms with Crippen molar-refractivity contribution in [3.05, 3.63) is 88.5 Å². The van der Waals surface area contributed by atoms with Gasteiger partial charge in [0.2, 0.25) is 0 Å². The fourth-order valence-electron chi connectivity index (χ4n) is 3.22. The van der Waals surface area contributed by atoms with Crippen LogP contribution in [0.15, 0.2) is 54.6 Å². The van der Waals surface area contributed by atoms with Crippen LogP contribution in [-0.4, -0.2) is 28.3 Å². The molecule has 0 bridgehead atoms. The van der Waals surface area contributed by atoms with E-state index in [9.17, 15) is 14.0 Å². The van der Waals surface area contributed by atoms with Crippen LogP contribution in [0.3, 0.4) is 0 Å². The number of carbonyl (C=O) groups is 2. The van der Waals surface area contributed by atoms with Gasteiger partial charge in [0.15, 0.2) is 6.61 Å². The van der Waals surface area contributed by atoms with E-state index in [1.165, 1.54) is 12.1 Å². The Bertz CT molecular complexity index is 1030. The van der Waals surface area contributed by atoms with E-state index in [4.69, 9.17) is 4.74 Å². The van der Waals surface area contributed by atoms with Gasteiger partial charge in [-0.15, -0.1) is 0 Å². The van der Waals surface area contributed by atoms with E-state index < -0.39 is 18.5 Å².